The first-order valence-corrected chi connectivity index (χ1v) is 8.43. The number of hydrogen-bond acceptors (Lipinski definition) is 3. The Morgan fingerprint density at radius 2 is 1.81 bits per heavy atom. The maximum absolute atomic E-state index is 12.9. The molecule has 0 saturated heterocycles. The molecule has 5 heteroatoms. The van der Waals surface area contributed by atoms with Crippen molar-refractivity contribution in [2.24, 2.45) is 0 Å². The van der Waals surface area contributed by atoms with Gasteiger partial charge in [0.25, 0.3) is 5.91 Å². The zero-order valence-corrected chi connectivity index (χ0v) is 14.1. The number of pyridine rings is 1. The number of anilines is 1. The van der Waals surface area contributed by atoms with E-state index in [4.69, 9.17) is 4.74 Å². The van der Waals surface area contributed by atoms with Crippen LogP contribution in [0.15, 0.2) is 67.0 Å². The minimum Gasteiger partial charge on any atom is -0.484 e. The predicted octanol–water partition coefficient (Wildman–Crippen LogP) is 3.86. The predicted molar refractivity (Wildman–Crippen MR) is 97.6 cm³/mol. The molecule has 0 atom stereocenters. The quantitative estimate of drug-likeness (QED) is 0.719. The summed E-state index contributed by atoms with van der Waals surface area (Å²) in [6.07, 6.45) is 4.35. The highest BCUT2D eigenvalue weighted by Crippen LogP contribution is 2.32. The highest BCUT2D eigenvalue weighted by atomic mass is 19.1. The van der Waals surface area contributed by atoms with E-state index in [0.717, 1.165) is 28.8 Å². The largest absolute Gasteiger partial charge is 0.484 e. The molecule has 1 amide bonds. The lowest BCUT2D eigenvalue weighted by molar-refractivity contribution is -0.120. The van der Waals surface area contributed by atoms with Gasteiger partial charge in [-0.15, -0.1) is 0 Å². The molecule has 2 heterocycles. The fraction of sp³-hybridized carbons (Fsp3) is 0.143. The van der Waals surface area contributed by atoms with Crippen LogP contribution in [-0.2, 0) is 11.2 Å². The van der Waals surface area contributed by atoms with Gasteiger partial charge in [-0.2, -0.15) is 0 Å². The molecule has 0 fully saturated rings. The van der Waals surface area contributed by atoms with Gasteiger partial charge in [-0.3, -0.25) is 9.78 Å². The number of carbonyl (C=O) groups is 1. The van der Waals surface area contributed by atoms with Gasteiger partial charge in [0.05, 0.1) is 0 Å². The molecule has 0 radical (unpaired) electrons. The molecule has 0 unspecified atom stereocenters. The molecule has 1 aliphatic heterocycles. The summed E-state index contributed by atoms with van der Waals surface area (Å²) in [5, 5.41) is 0. The lowest BCUT2D eigenvalue weighted by Gasteiger charge is -2.18. The average Bonchev–Trinajstić information content (AvgIpc) is 3.11. The van der Waals surface area contributed by atoms with Crippen molar-refractivity contribution in [2.75, 3.05) is 18.1 Å². The molecule has 0 bridgehead atoms. The van der Waals surface area contributed by atoms with Crippen LogP contribution in [0.1, 0.15) is 5.56 Å². The summed E-state index contributed by atoms with van der Waals surface area (Å²) in [6, 6.07) is 15.7. The van der Waals surface area contributed by atoms with Crippen LogP contribution in [0.3, 0.4) is 0 Å². The second-order valence-corrected chi connectivity index (χ2v) is 6.12. The second kappa shape index (κ2) is 6.96. The minimum absolute atomic E-state index is 0.0722. The number of ether oxygens (including phenoxy) is 1. The first-order chi connectivity index (χ1) is 12.7. The van der Waals surface area contributed by atoms with Crippen LogP contribution in [0.5, 0.6) is 5.75 Å². The summed E-state index contributed by atoms with van der Waals surface area (Å²) < 4.78 is 18.4. The Kier molecular flexibility index (Phi) is 4.35. The summed E-state index contributed by atoms with van der Waals surface area (Å²) in [7, 11) is 0. The Bertz CT molecular complexity index is 927. The normalized spacial score (nSPS) is 12.7. The Morgan fingerprint density at radius 1 is 1.04 bits per heavy atom. The van der Waals surface area contributed by atoms with Gasteiger partial charge < -0.3 is 9.64 Å². The molecule has 1 aliphatic rings. The number of amides is 1. The summed E-state index contributed by atoms with van der Waals surface area (Å²) in [5.41, 5.74) is 4.29. The number of aromatic nitrogens is 1. The number of hydrogen-bond donors (Lipinski definition) is 0. The number of rotatable bonds is 4. The van der Waals surface area contributed by atoms with Crippen molar-refractivity contribution in [3.63, 3.8) is 0 Å². The molecule has 3 aromatic rings. The van der Waals surface area contributed by atoms with E-state index in [-0.39, 0.29) is 18.3 Å². The molecule has 4 nitrogen and oxygen atoms in total. The molecule has 4 rings (SSSR count). The number of carbonyl (C=O) groups excluding carboxylic acids is 1. The van der Waals surface area contributed by atoms with E-state index in [1.165, 1.54) is 24.3 Å². The van der Waals surface area contributed by atoms with Gasteiger partial charge in [0.1, 0.15) is 11.6 Å². The van der Waals surface area contributed by atoms with Gasteiger partial charge in [0.2, 0.25) is 0 Å². The van der Waals surface area contributed by atoms with Crippen molar-refractivity contribution >= 4 is 11.6 Å². The second-order valence-electron chi connectivity index (χ2n) is 6.12. The Balaban J connectivity index is 1.47. The number of fused-ring (bicyclic) bond motifs is 1. The first-order valence-electron chi connectivity index (χ1n) is 8.43. The molecule has 1 aromatic heterocycles. The van der Waals surface area contributed by atoms with E-state index in [1.54, 1.807) is 17.3 Å². The molecular weight excluding hydrogens is 331 g/mol. The Hall–Kier alpha value is -3.21. The third kappa shape index (κ3) is 3.28. The number of halogens is 1. The maximum atomic E-state index is 12.9. The zero-order chi connectivity index (χ0) is 17.9. The van der Waals surface area contributed by atoms with Crippen LogP contribution in [-0.4, -0.2) is 24.0 Å². The standard InChI is InChI=1S/C21H17FN2O2/c22-18-2-4-19(5-3-18)26-14-21(25)24-12-9-17-13-16(1-6-20(17)24)15-7-10-23-11-8-15/h1-8,10-11,13H,9,12,14H2. The zero-order valence-electron chi connectivity index (χ0n) is 14.1. The van der Waals surface area contributed by atoms with Crippen LogP contribution in [0.4, 0.5) is 10.1 Å². The van der Waals surface area contributed by atoms with Gasteiger partial charge in [-0.05, 0) is 71.6 Å². The molecule has 130 valence electrons. The smallest absolute Gasteiger partial charge is 0.264 e. The number of nitrogens with zero attached hydrogens (tertiary/aromatic N) is 2. The van der Waals surface area contributed by atoms with Crippen molar-refractivity contribution in [1.82, 2.24) is 4.98 Å². The molecular formula is C21H17FN2O2. The monoisotopic (exact) mass is 348 g/mol. The van der Waals surface area contributed by atoms with Crippen molar-refractivity contribution in [3.05, 3.63) is 78.4 Å². The third-order valence-electron chi connectivity index (χ3n) is 4.47. The molecule has 0 aliphatic carbocycles. The SMILES string of the molecule is O=C(COc1ccc(F)cc1)N1CCc2cc(-c3ccncc3)ccc21. The van der Waals surface area contributed by atoms with Crippen molar-refractivity contribution < 1.29 is 13.9 Å². The van der Waals surface area contributed by atoms with Gasteiger partial charge in [-0.1, -0.05) is 6.07 Å². The highest BCUT2D eigenvalue weighted by molar-refractivity contribution is 5.96. The van der Waals surface area contributed by atoms with E-state index in [2.05, 4.69) is 11.1 Å². The lowest BCUT2D eigenvalue weighted by atomic mass is 10.0. The number of benzene rings is 2. The average molecular weight is 348 g/mol. The van der Waals surface area contributed by atoms with Crippen LogP contribution in [0.25, 0.3) is 11.1 Å². The van der Waals surface area contributed by atoms with Gasteiger partial charge in [0.15, 0.2) is 6.61 Å². The summed E-state index contributed by atoms with van der Waals surface area (Å²) in [4.78, 5) is 18.3. The van der Waals surface area contributed by atoms with E-state index < -0.39 is 0 Å². The van der Waals surface area contributed by atoms with Gasteiger partial charge in [0, 0.05) is 24.6 Å². The summed E-state index contributed by atoms with van der Waals surface area (Å²) in [5.74, 6) is 0.0408. The van der Waals surface area contributed by atoms with Gasteiger partial charge in [-0.25, -0.2) is 4.39 Å². The third-order valence-corrected chi connectivity index (χ3v) is 4.47. The Labute approximate surface area is 150 Å². The first kappa shape index (κ1) is 16.3. The van der Waals surface area contributed by atoms with E-state index in [0.29, 0.717) is 12.3 Å². The van der Waals surface area contributed by atoms with Crippen molar-refractivity contribution in [3.8, 4) is 16.9 Å². The lowest BCUT2D eigenvalue weighted by Crippen LogP contribution is -2.33. The van der Waals surface area contributed by atoms with Crippen LogP contribution in [0.2, 0.25) is 0 Å². The molecule has 0 saturated carbocycles. The van der Waals surface area contributed by atoms with Crippen LogP contribution in [0, 0.1) is 5.82 Å². The fourth-order valence-electron chi connectivity index (χ4n) is 3.14. The topological polar surface area (TPSA) is 42.4 Å². The fourth-order valence-corrected chi connectivity index (χ4v) is 3.14. The Morgan fingerprint density at radius 3 is 2.58 bits per heavy atom. The molecule has 0 spiro atoms. The maximum Gasteiger partial charge on any atom is 0.264 e. The van der Waals surface area contributed by atoms with E-state index in [9.17, 15) is 9.18 Å². The van der Waals surface area contributed by atoms with E-state index >= 15 is 0 Å². The van der Waals surface area contributed by atoms with Crippen molar-refractivity contribution in [2.45, 2.75) is 6.42 Å². The van der Waals surface area contributed by atoms with Crippen LogP contribution >= 0.6 is 0 Å². The highest BCUT2D eigenvalue weighted by Gasteiger charge is 2.25. The van der Waals surface area contributed by atoms with Crippen LogP contribution < -0.4 is 9.64 Å². The minimum atomic E-state index is -0.331. The van der Waals surface area contributed by atoms with Crippen molar-refractivity contribution in [1.29, 1.82) is 0 Å². The molecule has 26 heavy (non-hydrogen) atoms. The molecule has 0 N–H and O–H groups in total. The molecule has 2 aromatic carbocycles. The summed E-state index contributed by atoms with van der Waals surface area (Å²) in [6.45, 7) is 0.567. The van der Waals surface area contributed by atoms with E-state index in [1.807, 2.05) is 24.3 Å². The van der Waals surface area contributed by atoms with Gasteiger partial charge >= 0.3 is 0 Å². The summed E-state index contributed by atoms with van der Waals surface area (Å²) >= 11 is 0.